The van der Waals surface area contributed by atoms with Crippen molar-refractivity contribution in [2.45, 2.75) is 18.2 Å². The highest BCUT2D eigenvalue weighted by Crippen LogP contribution is 2.24. The second-order valence-corrected chi connectivity index (χ2v) is 5.21. The number of nitrogens with zero attached hydrogens (tertiary/aromatic N) is 2. The van der Waals surface area contributed by atoms with E-state index in [9.17, 15) is 0 Å². The molecule has 2 rings (SSSR count). The molecule has 2 aromatic rings. The van der Waals surface area contributed by atoms with E-state index in [1.807, 2.05) is 41.8 Å². The van der Waals surface area contributed by atoms with Gasteiger partial charge in [0, 0.05) is 35.3 Å². The summed E-state index contributed by atoms with van der Waals surface area (Å²) in [6.07, 6.45) is 2.87. The number of thioether (sulfide) groups is 1. The van der Waals surface area contributed by atoms with Crippen LogP contribution < -0.4 is 5.73 Å². The van der Waals surface area contributed by atoms with Crippen molar-refractivity contribution in [3.05, 3.63) is 41.7 Å². The van der Waals surface area contributed by atoms with Gasteiger partial charge in [-0.1, -0.05) is 0 Å². The van der Waals surface area contributed by atoms with Crippen LogP contribution >= 0.6 is 11.8 Å². The molecule has 1 aromatic carbocycles. The SMILES string of the molecule is Cc1cc(N)ccc1SCCc1ccnn1C. The molecule has 0 aliphatic carbocycles. The van der Waals surface area contributed by atoms with Gasteiger partial charge in [-0.25, -0.2) is 0 Å². The largest absolute Gasteiger partial charge is 0.399 e. The molecule has 0 saturated carbocycles. The van der Waals surface area contributed by atoms with Gasteiger partial charge < -0.3 is 5.73 Å². The third kappa shape index (κ3) is 3.03. The molecular formula is C13H17N3S. The quantitative estimate of drug-likeness (QED) is 0.667. The van der Waals surface area contributed by atoms with E-state index in [2.05, 4.69) is 24.2 Å². The Balaban J connectivity index is 1.92. The van der Waals surface area contributed by atoms with Crippen LogP contribution in [0, 0.1) is 6.92 Å². The molecule has 3 nitrogen and oxygen atoms in total. The highest BCUT2D eigenvalue weighted by atomic mass is 32.2. The van der Waals surface area contributed by atoms with Crippen LogP contribution in [-0.4, -0.2) is 15.5 Å². The number of rotatable bonds is 4. The van der Waals surface area contributed by atoms with Crippen molar-refractivity contribution in [2.24, 2.45) is 7.05 Å². The van der Waals surface area contributed by atoms with Crippen molar-refractivity contribution in [3.8, 4) is 0 Å². The third-order valence-electron chi connectivity index (χ3n) is 2.74. The van der Waals surface area contributed by atoms with Crippen LogP contribution in [0.3, 0.4) is 0 Å². The summed E-state index contributed by atoms with van der Waals surface area (Å²) in [4.78, 5) is 1.31. The van der Waals surface area contributed by atoms with Gasteiger partial charge in [0.2, 0.25) is 0 Å². The first-order valence-electron chi connectivity index (χ1n) is 5.62. The fourth-order valence-corrected chi connectivity index (χ4v) is 2.73. The summed E-state index contributed by atoms with van der Waals surface area (Å²) in [6, 6.07) is 8.14. The highest BCUT2D eigenvalue weighted by Gasteiger charge is 2.02. The topological polar surface area (TPSA) is 43.8 Å². The molecule has 0 spiro atoms. The maximum absolute atomic E-state index is 5.73. The van der Waals surface area contributed by atoms with Crippen molar-refractivity contribution >= 4 is 17.4 Å². The molecule has 4 heteroatoms. The van der Waals surface area contributed by atoms with E-state index in [0.717, 1.165) is 17.9 Å². The van der Waals surface area contributed by atoms with Crippen molar-refractivity contribution in [1.82, 2.24) is 9.78 Å². The van der Waals surface area contributed by atoms with Crippen LogP contribution in [0.4, 0.5) is 5.69 Å². The van der Waals surface area contributed by atoms with Gasteiger partial charge in [0.1, 0.15) is 0 Å². The number of hydrogen-bond donors (Lipinski definition) is 1. The van der Waals surface area contributed by atoms with Crippen LogP contribution in [0.5, 0.6) is 0 Å². The van der Waals surface area contributed by atoms with E-state index in [4.69, 9.17) is 5.73 Å². The molecule has 0 saturated heterocycles. The van der Waals surface area contributed by atoms with Gasteiger partial charge in [0.25, 0.3) is 0 Å². The molecule has 2 N–H and O–H groups in total. The Kier molecular flexibility index (Phi) is 3.74. The molecule has 0 fully saturated rings. The molecule has 1 heterocycles. The summed E-state index contributed by atoms with van der Waals surface area (Å²) in [7, 11) is 1.98. The number of aromatic nitrogens is 2. The Morgan fingerprint density at radius 3 is 2.82 bits per heavy atom. The number of anilines is 1. The molecular weight excluding hydrogens is 230 g/mol. The zero-order valence-electron chi connectivity index (χ0n) is 10.2. The van der Waals surface area contributed by atoms with E-state index in [1.165, 1.54) is 16.2 Å². The van der Waals surface area contributed by atoms with Crippen LogP contribution in [0.25, 0.3) is 0 Å². The molecule has 1 aromatic heterocycles. The van der Waals surface area contributed by atoms with Gasteiger partial charge in [-0.15, -0.1) is 11.8 Å². The fraction of sp³-hybridized carbons (Fsp3) is 0.308. The molecule has 0 bridgehead atoms. The van der Waals surface area contributed by atoms with Gasteiger partial charge in [-0.3, -0.25) is 4.68 Å². The summed E-state index contributed by atoms with van der Waals surface area (Å²) >= 11 is 1.87. The summed E-state index contributed by atoms with van der Waals surface area (Å²) in [5.74, 6) is 1.06. The Labute approximate surface area is 106 Å². The van der Waals surface area contributed by atoms with E-state index in [1.54, 1.807) is 0 Å². The number of nitrogen functional groups attached to an aromatic ring is 1. The molecule has 0 unspecified atom stereocenters. The van der Waals surface area contributed by atoms with Crippen molar-refractivity contribution in [1.29, 1.82) is 0 Å². The first kappa shape index (κ1) is 12.0. The molecule has 0 atom stereocenters. The predicted octanol–water partition coefficient (Wildman–Crippen LogP) is 2.65. The highest BCUT2D eigenvalue weighted by molar-refractivity contribution is 7.99. The average molecular weight is 247 g/mol. The number of benzene rings is 1. The van der Waals surface area contributed by atoms with E-state index < -0.39 is 0 Å². The molecule has 17 heavy (non-hydrogen) atoms. The Morgan fingerprint density at radius 2 is 2.18 bits per heavy atom. The molecule has 0 aliphatic heterocycles. The lowest BCUT2D eigenvalue weighted by Gasteiger charge is -2.06. The standard InChI is InChI=1S/C13H17N3S/c1-10-9-11(14)3-4-13(10)17-8-6-12-5-7-15-16(12)2/h3-5,7,9H,6,8,14H2,1-2H3. The molecule has 90 valence electrons. The lowest BCUT2D eigenvalue weighted by molar-refractivity contribution is 0.720. The normalized spacial score (nSPS) is 10.7. The van der Waals surface area contributed by atoms with Crippen LogP contribution in [-0.2, 0) is 13.5 Å². The third-order valence-corrected chi connectivity index (χ3v) is 3.91. The number of hydrogen-bond acceptors (Lipinski definition) is 3. The fourth-order valence-electron chi connectivity index (χ4n) is 1.75. The minimum absolute atomic E-state index is 0.832. The minimum Gasteiger partial charge on any atom is -0.399 e. The Hall–Kier alpha value is -1.42. The Morgan fingerprint density at radius 1 is 1.35 bits per heavy atom. The molecule has 0 aliphatic rings. The predicted molar refractivity (Wildman–Crippen MR) is 73.2 cm³/mol. The maximum Gasteiger partial charge on any atom is 0.0492 e. The lowest BCUT2D eigenvalue weighted by Crippen LogP contribution is -1.99. The van der Waals surface area contributed by atoms with Crippen LogP contribution in [0.1, 0.15) is 11.3 Å². The summed E-state index contributed by atoms with van der Waals surface area (Å²) in [5, 5.41) is 4.16. The van der Waals surface area contributed by atoms with Gasteiger partial charge in [-0.05, 0) is 43.2 Å². The lowest BCUT2D eigenvalue weighted by atomic mass is 10.2. The van der Waals surface area contributed by atoms with Gasteiger partial charge in [-0.2, -0.15) is 5.10 Å². The monoisotopic (exact) mass is 247 g/mol. The summed E-state index contributed by atoms with van der Waals surface area (Å²) in [6.45, 7) is 2.10. The first-order chi connectivity index (χ1) is 8.16. The van der Waals surface area contributed by atoms with Crippen molar-refractivity contribution in [3.63, 3.8) is 0 Å². The van der Waals surface area contributed by atoms with Gasteiger partial charge in [0.05, 0.1) is 0 Å². The second-order valence-electron chi connectivity index (χ2n) is 4.07. The number of nitrogens with two attached hydrogens (primary N) is 1. The maximum atomic E-state index is 5.73. The minimum atomic E-state index is 0.832. The smallest absolute Gasteiger partial charge is 0.0492 e. The molecule has 0 radical (unpaired) electrons. The van der Waals surface area contributed by atoms with Gasteiger partial charge in [0.15, 0.2) is 0 Å². The summed E-state index contributed by atoms with van der Waals surface area (Å²) in [5.41, 5.74) is 9.08. The van der Waals surface area contributed by atoms with Crippen molar-refractivity contribution in [2.75, 3.05) is 11.5 Å². The molecule has 0 amide bonds. The van der Waals surface area contributed by atoms with Crippen LogP contribution in [0.2, 0.25) is 0 Å². The van der Waals surface area contributed by atoms with Gasteiger partial charge >= 0.3 is 0 Å². The average Bonchev–Trinajstić information content (AvgIpc) is 2.68. The zero-order valence-corrected chi connectivity index (χ0v) is 11.0. The second kappa shape index (κ2) is 5.27. The number of aryl methyl sites for hydroxylation is 3. The van der Waals surface area contributed by atoms with E-state index >= 15 is 0 Å². The summed E-state index contributed by atoms with van der Waals surface area (Å²) < 4.78 is 1.93. The van der Waals surface area contributed by atoms with E-state index in [-0.39, 0.29) is 0 Å². The first-order valence-corrected chi connectivity index (χ1v) is 6.61. The van der Waals surface area contributed by atoms with Crippen LogP contribution in [0.15, 0.2) is 35.4 Å². The zero-order chi connectivity index (χ0) is 12.3. The van der Waals surface area contributed by atoms with E-state index in [0.29, 0.717) is 0 Å². The van der Waals surface area contributed by atoms with Crippen molar-refractivity contribution < 1.29 is 0 Å². The Bertz CT molecular complexity index is 505.